The lowest BCUT2D eigenvalue weighted by molar-refractivity contribution is 0.0454. The van der Waals surface area contributed by atoms with E-state index in [1.54, 1.807) is 0 Å². The standard InChI is InChI=1S/C12H18N2O/c1-13(2)11-6-4-10(5-7-11)12-14(3)8-9-15-12/h4-7,12H,8-9H2,1-3H3. The van der Waals surface area contributed by atoms with Crippen molar-refractivity contribution >= 4 is 5.69 Å². The summed E-state index contributed by atoms with van der Waals surface area (Å²) in [5, 5.41) is 0. The molecule has 0 N–H and O–H groups in total. The van der Waals surface area contributed by atoms with Crippen LogP contribution >= 0.6 is 0 Å². The van der Waals surface area contributed by atoms with Crippen LogP contribution in [0.5, 0.6) is 0 Å². The lowest BCUT2D eigenvalue weighted by Gasteiger charge is -2.19. The molecule has 0 aromatic heterocycles. The van der Waals surface area contributed by atoms with E-state index in [0.29, 0.717) is 0 Å². The van der Waals surface area contributed by atoms with Crippen LogP contribution in [-0.2, 0) is 4.74 Å². The maximum Gasteiger partial charge on any atom is 0.136 e. The summed E-state index contributed by atoms with van der Waals surface area (Å²) in [5.74, 6) is 0. The van der Waals surface area contributed by atoms with Crippen LogP contribution in [0.25, 0.3) is 0 Å². The van der Waals surface area contributed by atoms with Crippen LogP contribution in [0, 0.1) is 0 Å². The molecule has 0 saturated carbocycles. The smallest absolute Gasteiger partial charge is 0.136 e. The zero-order chi connectivity index (χ0) is 10.8. The fourth-order valence-electron chi connectivity index (χ4n) is 1.84. The SMILES string of the molecule is CN(C)c1ccc(C2OCCN2C)cc1. The number of ether oxygens (including phenoxy) is 1. The predicted molar refractivity (Wildman–Crippen MR) is 62.1 cm³/mol. The van der Waals surface area contributed by atoms with Crippen LogP contribution in [-0.4, -0.2) is 39.2 Å². The van der Waals surface area contributed by atoms with Crippen molar-refractivity contribution in [3.05, 3.63) is 29.8 Å². The molecule has 0 bridgehead atoms. The molecule has 1 aliphatic rings. The first-order valence-corrected chi connectivity index (χ1v) is 5.27. The van der Waals surface area contributed by atoms with Gasteiger partial charge in [-0.2, -0.15) is 0 Å². The highest BCUT2D eigenvalue weighted by Gasteiger charge is 2.22. The molecule has 3 heteroatoms. The van der Waals surface area contributed by atoms with Gasteiger partial charge in [0.25, 0.3) is 0 Å². The van der Waals surface area contributed by atoms with E-state index in [-0.39, 0.29) is 6.23 Å². The Morgan fingerprint density at radius 1 is 1.27 bits per heavy atom. The van der Waals surface area contributed by atoms with Crippen LogP contribution in [0.3, 0.4) is 0 Å². The summed E-state index contributed by atoms with van der Waals surface area (Å²) in [7, 11) is 6.19. The number of rotatable bonds is 2. The van der Waals surface area contributed by atoms with Crippen molar-refractivity contribution < 1.29 is 4.74 Å². The van der Waals surface area contributed by atoms with E-state index in [1.807, 2.05) is 14.1 Å². The molecule has 0 aliphatic carbocycles. The van der Waals surface area contributed by atoms with Crippen LogP contribution in [0.4, 0.5) is 5.69 Å². The molecule has 15 heavy (non-hydrogen) atoms. The van der Waals surface area contributed by atoms with E-state index in [1.165, 1.54) is 11.3 Å². The van der Waals surface area contributed by atoms with Gasteiger partial charge in [-0.3, -0.25) is 4.90 Å². The molecule has 0 spiro atoms. The highest BCUT2D eigenvalue weighted by Crippen LogP contribution is 2.26. The molecule has 0 amide bonds. The Balaban J connectivity index is 2.16. The number of hydrogen-bond acceptors (Lipinski definition) is 3. The van der Waals surface area contributed by atoms with Crippen molar-refractivity contribution in [2.75, 3.05) is 39.2 Å². The minimum atomic E-state index is 0.140. The molecule has 82 valence electrons. The third-order valence-electron chi connectivity index (χ3n) is 2.81. The molecule has 1 fully saturated rings. The molecular weight excluding hydrogens is 188 g/mol. The Morgan fingerprint density at radius 2 is 1.93 bits per heavy atom. The first kappa shape index (κ1) is 10.5. The van der Waals surface area contributed by atoms with Crippen molar-refractivity contribution in [2.45, 2.75) is 6.23 Å². The zero-order valence-electron chi connectivity index (χ0n) is 9.60. The predicted octanol–water partition coefficient (Wildman–Crippen LogP) is 1.71. The second-order valence-electron chi connectivity index (χ2n) is 4.19. The van der Waals surface area contributed by atoms with Crippen molar-refractivity contribution in [1.29, 1.82) is 0 Å². The van der Waals surface area contributed by atoms with Gasteiger partial charge in [0, 0.05) is 26.3 Å². The molecule has 1 aromatic carbocycles. The third kappa shape index (κ3) is 2.13. The Kier molecular flexibility index (Phi) is 2.93. The first-order chi connectivity index (χ1) is 7.18. The van der Waals surface area contributed by atoms with Gasteiger partial charge in [-0.1, -0.05) is 12.1 Å². The summed E-state index contributed by atoms with van der Waals surface area (Å²) in [6.45, 7) is 1.84. The summed E-state index contributed by atoms with van der Waals surface area (Å²) in [5.41, 5.74) is 2.46. The largest absolute Gasteiger partial charge is 0.378 e. The topological polar surface area (TPSA) is 15.7 Å². The Hall–Kier alpha value is -1.06. The van der Waals surface area contributed by atoms with E-state index in [4.69, 9.17) is 4.74 Å². The van der Waals surface area contributed by atoms with Crippen LogP contribution in [0.15, 0.2) is 24.3 Å². The number of likely N-dealkylation sites (N-methyl/N-ethyl adjacent to an activating group) is 1. The monoisotopic (exact) mass is 206 g/mol. The van der Waals surface area contributed by atoms with E-state index < -0.39 is 0 Å². The summed E-state index contributed by atoms with van der Waals surface area (Å²) < 4.78 is 5.66. The summed E-state index contributed by atoms with van der Waals surface area (Å²) >= 11 is 0. The molecule has 2 rings (SSSR count). The maximum absolute atomic E-state index is 5.66. The van der Waals surface area contributed by atoms with E-state index in [2.05, 4.69) is 41.1 Å². The summed E-state index contributed by atoms with van der Waals surface area (Å²) in [6, 6.07) is 8.54. The lowest BCUT2D eigenvalue weighted by Crippen LogP contribution is -2.18. The average molecular weight is 206 g/mol. The first-order valence-electron chi connectivity index (χ1n) is 5.27. The molecule has 1 saturated heterocycles. The van der Waals surface area contributed by atoms with Gasteiger partial charge in [-0.15, -0.1) is 0 Å². The minimum absolute atomic E-state index is 0.140. The number of hydrogen-bond donors (Lipinski definition) is 0. The fraction of sp³-hybridized carbons (Fsp3) is 0.500. The number of anilines is 1. The van der Waals surface area contributed by atoms with Gasteiger partial charge in [0.05, 0.1) is 6.61 Å². The highest BCUT2D eigenvalue weighted by atomic mass is 16.5. The van der Waals surface area contributed by atoms with Gasteiger partial charge in [-0.25, -0.2) is 0 Å². The summed E-state index contributed by atoms with van der Waals surface area (Å²) in [6.07, 6.45) is 0.140. The Morgan fingerprint density at radius 3 is 2.40 bits per heavy atom. The van der Waals surface area contributed by atoms with Crippen molar-refractivity contribution in [2.24, 2.45) is 0 Å². The van der Waals surface area contributed by atoms with Crippen LogP contribution in [0.2, 0.25) is 0 Å². The van der Waals surface area contributed by atoms with Crippen molar-refractivity contribution in [3.8, 4) is 0 Å². The highest BCUT2D eigenvalue weighted by molar-refractivity contribution is 5.46. The number of nitrogens with zero attached hydrogens (tertiary/aromatic N) is 2. The van der Waals surface area contributed by atoms with Gasteiger partial charge in [0.15, 0.2) is 0 Å². The average Bonchev–Trinajstić information content (AvgIpc) is 2.65. The second kappa shape index (κ2) is 4.21. The maximum atomic E-state index is 5.66. The molecular formula is C12H18N2O. The zero-order valence-corrected chi connectivity index (χ0v) is 9.60. The molecule has 1 aromatic rings. The Bertz CT molecular complexity index is 321. The second-order valence-corrected chi connectivity index (χ2v) is 4.19. The molecule has 0 radical (unpaired) electrons. The molecule has 1 atom stereocenters. The fourth-order valence-corrected chi connectivity index (χ4v) is 1.84. The van der Waals surface area contributed by atoms with Gasteiger partial charge < -0.3 is 9.64 Å². The van der Waals surface area contributed by atoms with Crippen LogP contribution in [0.1, 0.15) is 11.8 Å². The lowest BCUT2D eigenvalue weighted by atomic mass is 10.1. The molecule has 1 heterocycles. The minimum Gasteiger partial charge on any atom is -0.378 e. The normalized spacial score (nSPS) is 21.9. The van der Waals surface area contributed by atoms with E-state index in [0.717, 1.165) is 13.2 Å². The third-order valence-corrected chi connectivity index (χ3v) is 2.81. The quantitative estimate of drug-likeness (QED) is 0.732. The molecule has 1 unspecified atom stereocenters. The van der Waals surface area contributed by atoms with Crippen molar-refractivity contribution in [1.82, 2.24) is 4.90 Å². The van der Waals surface area contributed by atoms with Crippen molar-refractivity contribution in [3.63, 3.8) is 0 Å². The summed E-state index contributed by atoms with van der Waals surface area (Å²) in [4.78, 5) is 4.33. The van der Waals surface area contributed by atoms with Gasteiger partial charge in [-0.05, 0) is 24.7 Å². The van der Waals surface area contributed by atoms with Gasteiger partial charge >= 0.3 is 0 Å². The Labute approximate surface area is 91.2 Å². The van der Waals surface area contributed by atoms with Crippen LogP contribution < -0.4 is 4.90 Å². The van der Waals surface area contributed by atoms with Gasteiger partial charge in [0.2, 0.25) is 0 Å². The number of benzene rings is 1. The molecule has 1 aliphatic heterocycles. The molecule has 3 nitrogen and oxygen atoms in total. The van der Waals surface area contributed by atoms with Gasteiger partial charge in [0.1, 0.15) is 6.23 Å². The van der Waals surface area contributed by atoms with E-state index >= 15 is 0 Å². The van der Waals surface area contributed by atoms with E-state index in [9.17, 15) is 0 Å².